The lowest BCUT2D eigenvalue weighted by Crippen LogP contribution is -2.60. The van der Waals surface area contributed by atoms with Crippen LogP contribution in [0.1, 0.15) is 20.8 Å². The van der Waals surface area contributed by atoms with E-state index in [-0.39, 0.29) is 5.91 Å². The predicted octanol–water partition coefficient (Wildman–Crippen LogP) is 0.232. The standard InChI is InChI=1S/C19H20N4O6/c1-11(29-15(25)10-22-9-8-14(24)21-18(22)28)16(26)23-13-7-5-4-6-12(13)20-17(27)19(23,2)3/h4-9,11H,10H2,1-3H3,(H,20,27)(H,21,24,28)/t11-/m0/s1. The molecule has 3 rings (SSSR count). The number of hydrogen-bond donors (Lipinski definition) is 2. The van der Waals surface area contributed by atoms with Crippen LogP contribution < -0.4 is 21.5 Å². The van der Waals surface area contributed by atoms with E-state index in [1.807, 2.05) is 4.98 Å². The largest absolute Gasteiger partial charge is 0.451 e. The second-order valence-electron chi connectivity index (χ2n) is 7.07. The molecule has 0 saturated heterocycles. The Hall–Kier alpha value is -3.69. The normalized spacial score (nSPS) is 15.8. The fraction of sp³-hybridized carbons (Fsp3) is 0.316. The Bertz CT molecular complexity index is 1100. The summed E-state index contributed by atoms with van der Waals surface area (Å²) in [5, 5.41) is 2.75. The molecule has 0 radical (unpaired) electrons. The summed E-state index contributed by atoms with van der Waals surface area (Å²) in [6, 6.07) is 7.90. The van der Waals surface area contributed by atoms with Crippen molar-refractivity contribution in [3.8, 4) is 0 Å². The van der Waals surface area contributed by atoms with E-state index in [4.69, 9.17) is 4.74 Å². The lowest BCUT2D eigenvalue weighted by Gasteiger charge is -2.42. The lowest BCUT2D eigenvalue weighted by molar-refractivity contribution is -0.155. The minimum Gasteiger partial charge on any atom is -0.451 e. The number of aromatic nitrogens is 2. The van der Waals surface area contributed by atoms with Crippen LogP contribution in [0.25, 0.3) is 0 Å². The molecule has 10 nitrogen and oxygen atoms in total. The molecule has 2 heterocycles. The number of ether oxygens (including phenoxy) is 1. The summed E-state index contributed by atoms with van der Waals surface area (Å²) in [6.45, 7) is 4.09. The van der Waals surface area contributed by atoms with E-state index in [0.717, 1.165) is 16.8 Å². The highest BCUT2D eigenvalue weighted by Crippen LogP contribution is 2.37. The maximum atomic E-state index is 13.1. The fourth-order valence-electron chi connectivity index (χ4n) is 3.02. The smallest absolute Gasteiger partial charge is 0.328 e. The van der Waals surface area contributed by atoms with E-state index in [9.17, 15) is 24.0 Å². The Balaban J connectivity index is 1.80. The van der Waals surface area contributed by atoms with Gasteiger partial charge in [-0.15, -0.1) is 0 Å². The van der Waals surface area contributed by atoms with E-state index in [1.165, 1.54) is 11.8 Å². The average Bonchev–Trinajstić information content (AvgIpc) is 2.64. The molecule has 0 spiro atoms. The van der Waals surface area contributed by atoms with Gasteiger partial charge in [-0.3, -0.25) is 33.6 Å². The Morgan fingerprint density at radius 2 is 1.83 bits per heavy atom. The van der Waals surface area contributed by atoms with Crippen LogP contribution in [-0.2, 0) is 25.7 Å². The van der Waals surface area contributed by atoms with Crippen molar-refractivity contribution < 1.29 is 19.1 Å². The van der Waals surface area contributed by atoms with Crippen LogP contribution in [0.2, 0.25) is 0 Å². The van der Waals surface area contributed by atoms with Gasteiger partial charge < -0.3 is 10.1 Å². The minimum absolute atomic E-state index is 0.372. The molecular weight excluding hydrogens is 380 g/mol. The first kappa shape index (κ1) is 20.1. The number of rotatable bonds is 4. The summed E-state index contributed by atoms with van der Waals surface area (Å²) in [6.07, 6.45) is -0.0531. The number of esters is 1. The van der Waals surface area contributed by atoms with Crippen molar-refractivity contribution >= 4 is 29.2 Å². The van der Waals surface area contributed by atoms with Gasteiger partial charge in [0, 0.05) is 12.3 Å². The van der Waals surface area contributed by atoms with Crippen LogP contribution in [-0.4, -0.2) is 39.0 Å². The van der Waals surface area contributed by atoms with E-state index in [1.54, 1.807) is 38.1 Å². The maximum absolute atomic E-state index is 13.1. The average molecular weight is 400 g/mol. The first-order valence-electron chi connectivity index (χ1n) is 8.85. The summed E-state index contributed by atoms with van der Waals surface area (Å²) in [4.78, 5) is 63.8. The van der Waals surface area contributed by atoms with Gasteiger partial charge in [0.25, 0.3) is 11.5 Å². The van der Waals surface area contributed by atoms with Gasteiger partial charge in [0.15, 0.2) is 6.10 Å². The number of nitrogens with zero attached hydrogens (tertiary/aromatic N) is 2. The molecule has 1 aromatic heterocycles. The molecule has 2 amide bonds. The third kappa shape index (κ3) is 3.82. The number of hydrogen-bond acceptors (Lipinski definition) is 6. The van der Waals surface area contributed by atoms with Crippen molar-refractivity contribution in [2.75, 3.05) is 10.2 Å². The predicted molar refractivity (Wildman–Crippen MR) is 104 cm³/mol. The number of para-hydroxylation sites is 2. The minimum atomic E-state index is -1.21. The van der Waals surface area contributed by atoms with Crippen molar-refractivity contribution in [2.24, 2.45) is 0 Å². The molecule has 1 aromatic carbocycles. The van der Waals surface area contributed by atoms with Gasteiger partial charge in [0.05, 0.1) is 11.4 Å². The molecule has 0 saturated carbocycles. The zero-order valence-electron chi connectivity index (χ0n) is 16.1. The highest BCUT2D eigenvalue weighted by molar-refractivity contribution is 6.15. The van der Waals surface area contributed by atoms with E-state index in [0.29, 0.717) is 11.4 Å². The van der Waals surface area contributed by atoms with Gasteiger partial charge in [0.1, 0.15) is 12.1 Å². The molecular formula is C19H20N4O6. The summed E-state index contributed by atoms with van der Waals surface area (Å²) in [5.41, 5.74) is -1.60. The third-order valence-corrected chi connectivity index (χ3v) is 4.58. The summed E-state index contributed by atoms with van der Waals surface area (Å²) >= 11 is 0. The molecule has 29 heavy (non-hydrogen) atoms. The van der Waals surface area contributed by atoms with E-state index >= 15 is 0 Å². The highest BCUT2D eigenvalue weighted by atomic mass is 16.5. The van der Waals surface area contributed by atoms with Crippen LogP contribution in [0.3, 0.4) is 0 Å². The molecule has 2 aromatic rings. The van der Waals surface area contributed by atoms with Crippen LogP contribution in [0, 0.1) is 0 Å². The molecule has 1 atom stereocenters. The van der Waals surface area contributed by atoms with Crippen molar-refractivity contribution in [1.29, 1.82) is 0 Å². The molecule has 2 N–H and O–H groups in total. The summed E-state index contributed by atoms with van der Waals surface area (Å²) < 4.78 is 6.14. The SMILES string of the molecule is C[C@H](OC(=O)Cn1ccc(=O)[nH]c1=O)C(=O)N1c2ccccc2NC(=O)C1(C)C. The quantitative estimate of drug-likeness (QED) is 0.707. The number of carbonyl (C=O) groups excluding carboxylic acids is 3. The second-order valence-corrected chi connectivity index (χ2v) is 7.07. The second kappa shape index (κ2) is 7.38. The van der Waals surface area contributed by atoms with Gasteiger partial charge in [-0.05, 0) is 32.9 Å². The number of amides is 2. The first-order valence-corrected chi connectivity index (χ1v) is 8.85. The highest BCUT2D eigenvalue weighted by Gasteiger charge is 2.45. The molecule has 1 aliphatic rings. The van der Waals surface area contributed by atoms with Crippen LogP contribution in [0.15, 0.2) is 46.1 Å². The molecule has 0 aliphatic carbocycles. The van der Waals surface area contributed by atoms with Gasteiger partial charge in [-0.25, -0.2) is 4.79 Å². The third-order valence-electron chi connectivity index (χ3n) is 4.58. The van der Waals surface area contributed by atoms with Crippen LogP contribution in [0.5, 0.6) is 0 Å². The Morgan fingerprint density at radius 1 is 1.14 bits per heavy atom. The maximum Gasteiger partial charge on any atom is 0.328 e. The molecule has 10 heteroatoms. The van der Waals surface area contributed by atoms with Gasteiger partial charge >= 0.3 is 11.7 Å². The summed E-state index contributed by atoms with van der Waals surface area (Å²) in [5.74, 6) is -1.80. The molecule has 1 aliphatic heterocycles. The van der Waals surface area contributed by atoms with Gasteiger partial charge in [-0.1, -0.05) is 12.1 Å². The number of fused-ring (bicyclic) bond motifs is 1. The molecule has 0 fully saturated rings. The summed E-state index contributed by atoms with van der Waals surface area (Å²) in [7, 11) is 0. The monoisotopic (exact) mass is 400 g/mol. The number of benzene rings is 1. The Kier molecular flexibility index (Phi) is 5.10. The first-order chi connectivity index (χ1) is 13.6. The molecule has 152 valence electrons. The van der Waals surface area contributed by atoms with E-state index < -0.39 is 41.3 Å². The number of aromatic amines is 1. The Morgan fingerprint density at radius 3 is 2.52 bits per heavy atom. The van der Waals surface area contributed by atoms with Crippen molar-refractivity contribution in [2.45, 2.75) is 39.0 Å². The number of carbonyl (C=O) groups is 3. The number of H-pyrrole nitrogens is 1. The number of anilines is 2. The van der Waals surface area contributed by atoms with E-state index in [2.05, 4.69) is 5.32 Å². The zero-order valence-corrected chi connectivity index (χ0v) is 16.1. The molecule has 0 unspecified atom stereocenters. The number of nitrogens with one attached hydrogen (secondary N) is 2. The van der Waals surface area contributed by atoms with Crippen molar-refractivity contribution in [1.82, 2.24) is 9.55 Å². The van der Waals surface area contributed by atoms with Crippen molar-refractivity contribution in [3.05, 3.63) is 57.4 Å². The Labute approximate surface area is 165 Å². The van der Waals surface area contributed by atoms with Gasteiger partial charge in [0.2, 0.25) is 5.91 Å². The zero-order chi connectivity index (χ0) is 21.3. The van der Waals surface area contributed by atoms with Crippen LogP contribution >= 0.6 is 0 Å². The van der Waals surface area contributed by atoms with Crippen LogP contribution in [0.4, 0.5) is 11.4 Å². The fourth-order valence-corrected chi connectivity index (χ4v) is 3.02. The lowest BCUT2D eigenvalue weighted by atomic mass is 9.95. The van der Waals surface area contributed by atoms with Crippen molar-refractivity contribution in [3.63, 3.8) is 0 Å². The topological polar surface area (TPSA) is 131 Å². The van der Waals surface area contributed by atoms with Gasteiger partial charge in [-0.2, -0.15) is 0 Å². The molecule has 0 bridgehead atoms.